The van der Waals surface area contributed by atoms with E-state index in [1.54, 1.807) is 20.8 Å². The van der Waals surface area contributed by atoms with Crippen molar-refractivity contribution in [2.24, 2.45) is 0 Å². The molecule has 1 heterocycles. The predicted molar refractivity (Wildman–Crippen MR) is 54.6 cm³/mol. The highest BCUT2D eigenvalue weighted by Crippen LogP contribution is 2.14. The number of nitrogens with one attached hydrogen (secondary N) is 1. The molecule has 0 radical (unpaired) electrons. The Morgan fingerprint density at radius 3 is 2.80 bits per heavy atom. The van der Waals surface area contributed by atoms with Crippen LogP contribution < -0.4 is 5.32 Å². The highest BCUT2D eigenvalue weighted by Gasteiger charge is 2.30. The SMILES string of the molecule is CC(C)(C)OC(=O)N[C@H]1CCO[C@@H]1CO. The summed E-state index contributed by atoms with van der Waals surface area (Å²) in [6, 6.07) is -0.148. The summed E-state index contributed by atoms with van der Waals surface area (Å²) in [5, 5.41) is 11.7. The molecule has 0 saturated carbocycles. The van der Waals surface area contributed by atoms with Gasteiger partial charge in [-0.15, -0.1) is 0 Å². The highest BCUT2D eigenvalue weighted by atomic mass is 16.6. The maximum Gasteiger partial charge on any atom is 0.407 e. The average molecular weight is 217 g/mol. The van der Waals surface area contributed by atoms with Crippen molar-refractivity contribution < 1.29 is 19.4 Å². The van der Waals surface area contributed by atoms with Gasteiger partial charge in [0, 0.05) is 6.61 Å². The minimum absolute atomic E-state index is 0.0829. The van der Waals surface area contributed by atoms with Gasteiger partial charge in [-0.2, -0.15) is 0 Å². The Kier molecular flexibility index (Phi) is 3.93. The van der Waals surface area contributed by atoms with Crippen molar-refractivity contribution in [2.75, 3.05) is 13.2 Å². The van der Waals surface area contributed by atoms with Crippen LogP contribution in [0.1, 0.15) is 27.2 Å². The monoisotopic (exact) mass is 217 g/mol. The molecule has 1 amide bonds. The van der Waals surface area contributed by atoms with Gasteiger partial charge in [-0.3, -0.25) is 0 Å². The van der Waals surface area contributed by atoms with E-state index >= 15 is 0 Å². The normalized spacial score (nSPS) is 26.4. The number of ether oxygens (including phenoxy) is 2. The third kappa shape index (κ3) is 4.05. The van der Waals surface area contributed by atoms with Crippen LogP contribution in [-0.2, 0) is 9.47 Å². The van der Waals surface area contributed by atoms with Gasteiger partial charge in [0.1, 0.15) is 11.7 Å². The molecule has 0 aromatic heterocycles. The van der Waals surface area contributed by atoms with E-state index in [2.05, 4.69) is 5.32 Å². The number of carbonyl (C=O) groups is 1. The van der Waals surface area contributed by atoms with Gasteiger partial charge in [-0.25, -0.2) is 4.79 Å². The predicted octanol–water partition coefficient (Wildman–Crippen LogP) is 0.661. The molecule has 1 fully saturated rings. The molecular weight excluding hydrogens is 198 g/mol. The number of hydrogen-bond donors (Lipinski definition) is 2. The molecule has 1 rings (SSSR count). The van der Waals surface area contributed by atoms with Crippen LogP contribution in [0.15, 0.2) is 0 Å². The van der Waals surface area contributed by atoms with E-state index in [1.807, 2.05) is 0 Å². The van der Waals surface area contributed by atoms with Crippen LogP contribution in [0.3, 0.4) is 0 Å². The van der Waals surface area contributed by atoms with Gasteiger partial charge in [0.25, 0.3) is 0 Å². The second-order valence-electron chi connectivity index (χ2n) is 4.63. The first-order valence-electron chi connectivity index (χ1n) is 5.14. The number of aliphatic hydroxyl groups is 1. The molecule has 5 nitrogen and oxygen atoms in total. The number of rotatable bonds is 2. The Balaban J connectivity index is 2.37. The molecule has 2 atom stereocenters. The zero-order valence-electron chi connectivity index (χ0n) is 9.45. The summed E-state index contributed by atoms with van der Waals surface area (Å²) >= 11 is 0. The van der Waals surface area contributed by atoms with E-state index in [-0.39, 0.29) is 18.8 Å². The fourth-order valence-corrected chi connectivity index (χ4v) is 1.45. The van der Waals surface area contributed by atoms with Crippen LogP contribution in [0.4, 0.5) is 4.79 Å². The van der Waals surface area contributed by atoms with E-state index in [1.165, 1.54) is 0 Å². The molecule has 1 saturated heterocycles. The molecule has 0 unspecified atom stereocenters. The van der Waals surface area contributed by atoms with Crippen molar-refractivity contribution in [3.05, 3.63) is 0 Å². The highest BCUT2D eigenvalue weighted by molar-refractivity contribution is 5.68. The van der Waals surface area contributed by atoms with Crippen molar-refractivity contribution >= 4 is 6.09 Å². The fourth-order valence-electron chi connectivity index (χ4n) is 1.45. The van der Waals surface area contributed by atoms with Crippen molar-refractivity contribution in [3.8, 4) is 0 Å². The Labute approximate surface area is 89.8 Å². The molecule has 2 N–H and O–H groups in total. The molecule has 1 aliphatic heterocycles. The number of carbonyl (C=O) groups excluding carboxylic acids is 1. The fraction of sp³-hybridized carbons (Fsp3) is 0.900. The van der Waals surface area contributed by atoms with E-state index < -0.39 is 11.7 Å². The second-order valence-corrected chi connectivity index (χ2v) is 4.63. The topological polar surface area (TPSA) is 67.8 Å². The second kappa shape index (κ2) is 4.81. The molecular formula is C10H19NO4. The summed E-state index contributed by atoms with van der Waals surface area (Å²) in [4.78, 5) is 11.4. The molecule has 0 spiro atoms. The lowest BCUT2D eigenvalue weighted by molar-refractivity contribution is 0.0322. The largest absolute Gasteiger partial charge is 0.444 e. The van der Waals surface area contributed by atoms with Crippen molar-refractivity contribution in [1.29, 1.82) is 0 Å². The first-order chi connectivity index (χ1) is 6.92. The molecule has 5 heteroatoms. The third-order valence-electron chi connectivity index (χ3n) is 2.09. The molecule has 0 aromatic carbocycles. The third-order valence-corrected chi connectivity index (χ3v) is 2.09. The molecule has 0 aromatic rings. The van der Waals surface area contributed by atoms with Gasteiger partial charge in [0.2, 0.25) is 0 Å². The summed E-state index contributed by atoms with van der Waals surface area (Å²) in [5.41, 5.74) is -0.502. The van der Waals surface area contributed by atoms with Gasteiger partial charge in [-0.05, 0) is 27.2 Å². The van der Waals surface area contributed by atoms with Crippen molar-refractivity contribution in [3.63, 3.8) is 0 Å². The van der Waals surface area contributed by atoms with Crippen LogP contribution in [0, 0.1) is 0 Å². The lowest BCUT2D eigenvalue weighted by Crippen LogP contribution is -2.44. The van der Waals surface area contributed by atoms with Crippen LogP contribution >= 0.6 is 0 Å². The van der Waals surface area contributed by atoms with E-state index in [9.17, 15) is 4.79 Å². The van der Waals surface area contributed by atoms with Crippen molar-refractivity contribution in [1.82, 2.24) is 5.32 Å². The summed E-state index contributed by atoms with van der Waals surface area (Å²) in [6.45, 7) is 5.90. The minimum atomic E-state index is -0.502. The van der Waals surface area contributed by atoms with Gasteiger partial charge < -0.3 is 19.9 Å². The molecule has 88 valence electrons. The number of alkyl carbamates (subject to hydrolysis) is 1. The minimum Gasteiger partial charge on any atom is -0.444 e. The molecule has 0 aliphatic carbocycles. The zero-order valence-corrected chi connectivity index (χ0v) is 9.45. The smallest absolute Gasteiger partial charge is 0.407 e. The van der Waals surface area contributed by atoms with Crippen LogP contribution in [0.2, 0.25) is 0 Å². The molecule has 15 heavy (non-hydrogen) atoms. The van der Waals surface area contributed by atoms with E-state index in [0.717, 1.165) is 0 Å². The number of hydrogen-bond acceptors (Lipinski definition) is 4. The lowest BCUT2D eigenvalue weighted by Gasteiger charge is -2.23. The van der Waals surface area contributed by atoms with Crippen LogP contribution in [-0.4, -0.2) is 42.2 Å². The zero-order chi connectivity index (χ0) is 11.5. The maximum absolute atomic E-state index is 11.4. The Morgan fingerprint density at radius 1 is 1.60 bits per heavy atom. The average Bonchev–Trinajstić information content (AvgIpc) is 2.48. The summed E-state index contributed by atoms with van der Waals surface area (Å²) in [7, 11) is 0. The Hall–Kier alpha value is -0.810. The summed E-state index contributed by atoms with van der Waals surface area (Å²) in [6.07, 6.45) is -0.0567. The summed E-state index contributed by atoms with van der Waals surface area (Å²) in [5.74, 6) is 0. The van der Waals surface area contributed by atoms with Gasteiger partial charge in [0.05, 0.1) is 12.6 Å². The first kappa shape index (κ1) is 12.3. The van der Waals surface area contributed by atoms with Crippen LogP contribution in [0.5, 0.6) is 0 Å². The quantitative estimate of drug-likeness (QED) is 0.713. The van der Waals surface area contributed by atoms with Gasteiger partial charge >= 0.3 is 6.09 Å². The summed E-state index contributed by atoms with van der Waals surface area (Å²) < 4.78 is 10.3. The standard InChI is InChI=1S/C10H19NO4/c1-10(2,3)15-9(13)11-7-4-5-14-8(7)6-12/h7-8,12H,4-6H2,1-3H3,(H,11,13)/t7-,8+/m0/s1. The van der Waals surface area contributed by atoms with Crippen molar-refractivity contribution in [2.45, 2.75) is 44.9 Å². The van der Waals surface area contributed by atoms with E-state index in [0.29, 0.717) is 13.0 Å². The Bertz CT molecular complexity index is 224. The number of amides is 1. The number of aliphatic hydroxyl groups excluding tert-OH is 1. The van der Waals surface area contributed by atoms with Gasteiger partial charge in [-0.1, -0.05) is 0 Å². The maximum atomic E-state index is 11.4. The van der Waals surface area contributed by atoms with Gasteiger partial charge in [0.15, 0.2) is 0 Å². The lowest BCUT2D eigenvalue weighted by atomic mass is 10.1. The Morgan fingerprint density at radius 2 is 2.27 bits per heavy atom. The van der Waals surface area contributed by atoms with Crippen LogP contribution in [0.25, 0.3) is 0 Å². The molecule has 1 aliphatic rings. The van der Waals surface area contributed by atoms with E-state index in [4.69, 9.17) is 14.6 Å². The first-order valence-corrected chi connectivity index (χ1v) is 5.14. The molecule has 0 bridgehead atoms.